The van der Waals surface area contributed by atoms with Crippen molar-refractivity contribution in [2.75, 3.05) is 14.7 Å². The van der Waals surface area contributed by atoms with Crippen molar-refractivity contribution < 1.29 is 4.74 Å². The van der Waals surface area contributed by atoms with E-state index in [1.807, 2.05) is 0 Å². The molecule has 0 bridgehead atoms. The van der Waals surface area contributed by atoms with Gasteiger partial charge in [-0.05, 0) is 206 Å². The van der Waals surface area contributed by atoms with Crippen LogP contribution in [0.3, 0.4) is 0 Å². The lowest BCUT2D eigenvalue weighted by Gasteiger charge is -2.47. The number of fused-ring (bicyclic) bond motifs is 10. The SMILES string of the molecule is Cc1cc2c3c(c1)N(c1ccc4c(c1)C(C)(C)CCC4(C)C)c1cc4c(cc1B3c1ccccc1O2)B1c2ccccc2N(c2ccccc2)c2cc(C)cc(c21)N4c1ccc2c(c1)C(C)(C)CCC2(C)C. The Morgan fingerprint density at radius 3 is 1.39 bits per heavy atom. The summed E-state index contributed by atoms with van der Waals surface area (Å²) in [6, 6.07) is 58.8. The molecule has 72 heavy (non-hydrogen) atoms. The fourth-order valence-corrected chi connectivity index (χ4v) is 14.2. The summed E-state index contributed by atoms with van der Waals surface area (Å²) in [6.07, 6.45) is 4.67. The minimum absolute atomic E-state index is 0.0227. The average Bonchev–Trinajstić information content (AvgIpc) is 3.36. The van der Waals surface area contributed by atoms with Crippen LogP contribution in [0.4, 0.5) is 51.2 Å². The molecular formula is C66H63B2N3O. The van der Waals surface area contributed by atoms with E-state index in [0.29, 0.717) is 0 Å². The van der Waals surface area contributed by atoms with Crippen LogP contribution in [0.2, 0.25) is 0 Å². The van der Waals surface area contributed by atoms with Crippen LogP contribution in [0, 0.1) is 13.8 Å². The Morgan fingerprint density at radius 2 is 0.806 bits per heavy atom. The molecule has 0 radical (unpaired) electrons. The molecule has 4 aliphatic heterocycles. The molecule has 6 aliphatic rings. The maximum atomic E-state index is 7.00. The van der Waals surface area contributed by atoms with E-state index in [9.17, 15) is 0 Å². The first-order valence-corrected chi connectivity index (χ1v) is 26.6. The van der Waals surface area contributed by atoms with Gasteiger partial charge in [-0.15, -0.1) is 0 Å². The third-order valence-electron chi connectivity index (χ3n) is 18.3. The Kier molecular flexibility index (Phi) is 9.04. The van der Waals surface area contributed by atoms with Gasteiger partial charge in [-0.3, -0.25) is 0 Å². The molecule has 0 unspecified atom stereocenters. The predicted molar refractivity (Wildman–Crippen MR) is 306 cm³/mol. The van der Waals surface area contributed by atoms with Gasteiger partial charge in [-0.25, -0.2) is 0 Å². The highest BCUT2D eigenvalue weighted by atomic mass is 16.5. The standard InChI is InChI=1S/C66H63B2N3O/c1-40-32-56-61-57(33-40)70(43-24-26-45-47(36-43)65(7,8)30-28-63(45,3)4)54-39-55-52(38-51(54)67(61)49-20-14-16-22-53(49)69(56)42-18-12-11-13-19-42)68-50-21-15-17-23-59(50)72-60-35-41(2)34-58(62(60)68)71(55)44-25-27-46-48(37-44)66(9,10)31-29-64(46,5)6/h11-27,32-39H,28-31H2,1-10H3. The topological polar surface area (TPSA) is 19.0 Å². The van der Waals surface area contributed by atoms with Crippen molar-refractivity contribution in [2.45, 2.75) is 117 Å². The highest BCUT2D eigenvalue weighted by molar-refractivity contribution is 7.02. The molecule has 0 saturated heterocycles. The van der Waals surface area contributed by atoms with Gasteiger partial charge in [0.15, 0.2) is 0 Å². The van der Waals surface area contributed by atoms with Gasteiger partial charge < -0.3 is 19.4 Å². The average molecular weight is 936 g/mol. The number of para-hydroxylation sites is 3. The van der Waals surface area contributed by atoms with Crippen molar-refractivity contribution in [3.8, 4) is 11.5 Å². The molecule has 14 rings (SSSR count). The first kappa shape index (κ1) is 43.8. The highest BCUT2D eigenvalue weighted by Gasteiger charge is 2.49. The Labute approximate surface area is 427 Å². The number of hydrogen-bond donors (Lipinski definition) is 0. The zero-order valence-electron chi connectivity index (χ0n) is 43.7. The van der Waals surface area contributed by atoms with Gasteiger partial charge >= 0.3 is 0 Å². The van der Waals surface area contributed by atoms with Crippen molar-refractivity contribution in [3.05, 3.63) is 185 Å². The van der Waals surface area contributed by atoms with Gasteiger partial charge in [0.25, 0.3) is 13.4 Å². The molecule has 8 aromatic carbocycles. The fraction of sp³-hybridized carbons (Fsp3) is 0.273. The van der Waals surface area contributed by atoms with E-state index in [-0.39, 0.29) is 35.1 Å². The van der Waals surface area contributed by atoms with Gasteiger partial charge in [-0.1, -0.05) is 128 Å². The normalized spacial score (nSPS) is 18.3. The second kappa shape index (κ2) is 14.8. The second-order valence-corrected chi connectivity index (χ2v) is 24.8. The van der Waals surface area contributed by atoms with Crippen LogP contribution in [-0.4, -0.2) is 13.4 Å². The molecule has 0 saturated carbocycles. The largest absolute Gasteiger partial charge is 0.458 e. The van der Waals surface area contributed by atoms with Crippen molar-refractivity contribution in [2.24, 2.45) is 0 Å². The predicted octanol–water partition coefficient (Wildman–Crippen LogP) is 13.5. The summed E-state index contributed by atoms with van der Waals surface area (Å²) >= 11 is 0. The number of aryl methyl sites for hydroxylation is 2. The van der Waals surface area contributed by atoms with Gasteiger partial charge in [-0.2, -0.15) is 0 Å². The van der Waals surface area contributed by atoms with E-state index in [2.05, 4.69) is 236 Å². The third-order valence-corrected chi connectivity index (χ3v) is 18.3. The quantitative estimate of drug-likeness (QED) is 0.164. The lowest BCUT2D eigenvalue weighted by atomic mass is 9.30. The summed E-state index contributed by atoms with van der Waals surface area (Å²) in [5, 5.41) is 0. The van der Waals surface area contributed by atoms with Gasteiger partial charge in [0.2, 0.25) is 0 Å². The number of nitrogens with zero attached hydrogens (tertiary/aromatic N) is 3. The summed E-state index contributed by atoms with van der Waals surface area (Å²) in [4.78, 5) is 7.81. The van der Waals surface area contributed by atoms with Crippen LogP contribution in [0.15, 0.2) is 152 Å². The second-order valence-electron chi connectivity index (χ2n) is 24.8. The molecule has 0 fully saturated rings. The van der Waals surface area contributed by atoms with Crippen LogP contribution in [0.5, 0.6) is 11.5 Å². The zero-order valence-corrected chi connectivity index (χ0v) is 43.7. The first-order chi connectivity index (χ1) is 34.5. The minimum atomic E-state index is -0.0381. The molecular weight excluding hydrogens is 872 g/mol. The molecule has 6 heteroatoms. The molecule has 354 valence electrons. The van der Waals surface area contributed by atoms with E-state index < -0.39 is 0 Å². The smallest absolute Gasteiger partial charge is 0.256 e. The summed E-state index contributed by atoms with van der Waals surface area (Å²) in [6.45, 7) is 24.0. The lowest BCUT2D eigenvalue weighted by molar-refractivity contribution is 0.332. The highest BCUT2D eigenvalue weighted by Crippen LogP contribution is 2.53. The maximum Gasteiger partial charge on any atom is 0.256 e. The molecule has 2 aliphatic carbocycles. The molecule has 4 nitrogen and oxygen atoms in total. The van der Waals surface area contributed by atoms with E-state index in [1.165, 1.54) is 130 Å². The number of rotatable bonds is 3. The Hall–Kier alpha value is -6.91. The number of anilines is 9. The Morgan fingerprint density at radius 1 is 0.347 bits per heavy atom. The number of benzene rings is 8. The Balaban J connectivity index is 1.11. The van der Waals surface area contributed by atoms with Crippen LogP contribution >= 0.6 is 0 Å². The van der Waals surface area contributed by atoms with Crippen molar-refractivity contribution in [1.29, 1.82) is 0 Å². The molecule has 8 aromatic rings. The number of ether oxygens (including phenoxy) is 1. The van der Waals surface area contributed by atoms with E-state index in [0.717, 1.165) is 24.3 Å². The van der Waals surface area contributed by atoms with Crippen molar-refractivity contribution >= 4 is 97.4 Å². The molecule has 0 spiro atoms. The third kappa shape index (κ3) is 6.14. The van der Waals surface area contributed by atoms with Crippen LogP contribution in [0.25, 0.3) is 0 Å². The van der Waals surface area contributed by atoms with Crippen molar-refractivity contribution in [1.82, 2.24) is 0 Å². The van der Waals surface area contributed by atoms with Crippen molar-refractivity contribution in [3.63, 3.8) is 0 Å². The molecule has 0 atom stereocenters. The minimum Gasteiger partial charge on any atom is -0.458 e. The zero-order chi connectivity index (χ0) is 49.4. The molecule has 0 aromatic heterocycles. The molecule has 0 N–H and O–H groups in total. The van der Waals surface area contributed by atoms with Crippen LogP contribution < -0.4 is 52.2 Å². The fourth-order valence-electron chi connectivity index (χ4n) is 14.2. The molecule has 0 amide bonds. The summed E-state index contributed by atoms with van der Waals surface area (Å²) in [7, 11) is 0. The van der Waals surface area contributed by atoms with Crippen LogP contribution in [0.1, 0.15) is 114 Å². The maximum absolute atomic E-state index is 7.00. The van der Waals surface area contributed by atoms with E-state index in [1.54, 1.807) is 0 Å². The lowest BCUT2D eigenvalue weighted by Crippen LogP contribution is -2.64. The number of hydrogen-bond acceptors (Lipinski definition) is 4. The Bertz CT molecular complexity index is 3640. The van der Waals surface area contributed by atoms with Gasteiger partial charge in [0, 0.05) is 51.2 Å². The van der Waals surface area contributed by atoms with E-state index >= 15 is 0 Å². The van der Waals surface area contributed by atoms with E-state index in [4.69, 9.17) is 4.74 Å². The monoisotopic (exact) mass is 936 g/mol. The summed E-state index contributed by atoms with van der Waals surface area (Å²) in [5.41, 5.74) is 27.3. The first-order valence-electron chi connectivity index (χ1n) is 26.6. The molecule has 4 heterocycles. The van der Waals surface area contributed by atoms with Gasteiger partial charge in [0.05, 0.1) is 0 Å². The van der Waals surface area contributed by atoms with Gasteiger partial charge in [0.1, 0.15) is 11.5 Å². The summed E-state index contributed by atoms with van der Waals surface area (Å²) < 4.78 is 7.00. The van der Waals surface area contributed by atoms with Crippen LogP contribution in [-0.2, 0) is 21.7 Å². The summed E-state index contributed by atoms with van der Waals surface area (Å²) in [5.74, 6) is 1.89.